The number of imide groups is 1. The molecule has 0 aromatic heterocycles. The van der Waals surface area contributed by atoms with E-state index < -0.39 is 18.0 Å². The van der Waals surface area contributed by atoms with Crippen LogP contribution in [-0.4, -0.2) is 25.2 Å². The lowest BCUT2D eigenvalue weighted by Crippen LogP contribution is -2.50. The SMILES string of the molecule is COC(=O)NC(=O)[C@@H](N)C(C)(C)C. The zero-order chi connectivity index (χ0) is 10.6. The second-order valence-corrected chi connectivity index (χ2v) is 3.82. The van der Waals surface area contributed by atoms with Gasteiger partial charge in [0.1, 0.15) is 0 Å². The van der Waals surface area contributed by atoms with Gasteiger partial charge in [-0.1, -0.05) is 20.8 Å². The molecule has 2 amide bonds. The smallest absolute Gasteiger partial charge is 0.413 e. The van der Waals surface area contributed by atoms with Crippen LogP contribution in [0.25, 0.3) is 0 Å². The summed E-state index contributed by atoms with van der Waals surface area (Å²) in [6, 6.07) is -0.730. The van der Waals surface area contributed by atoms with Gasteiger partial charge in [-0.2, -0.15) is 0 Å². The highest BCUT2D eigenvalue weighted by molar-refractivity contribution is 5.95. The molecule has 0 bridgehead atoms. The van der Waals surface area contributed by atoms with Crippen molar-refractivity contribution < 1.29 is 14.3 Å². The summed E-state index contributed by atoms with van der Waals surface area (Å²) in [7, 11) is 1.19. The first kappa shape index (κ1) is 11.9. The van der Waals surface area contributed by atoms with Gasteiger partial charge >= 0.3 is 6.09 Å². The molecule has 0 aromatic carbocycles. The van der Waals surface area contributed by atoms with Crippen LogP contribution in [-0.2, 0) is 9.53 Å². The molecule has 5 nitrogen and oxygen atoms in total. The van der Waals surface area contributed by atoms with Gasteiger partial charge in [0.2, 0.25) is 5.91 Å². The third-order valence-electron chi connectivity index (χ3n) is 1.63. The van der Waals surface area contributed by atoms with Gasteiger partial charge in [0.15, 0.2) is 0 Å². The van der Waals surface area contributed by atoms with E-state index in [-0.39, 0.29) is 5.41 Å². The van der Waals surface area contributed by atoms with Crippen molar-refractivity contribution in [3.8, 4) is 0 Å². The normalized spacial score (nSPS) is 13.3. The number of alkyl carbamates (subject to hydrolysis) is 1. The van der Waals surface area contributed by atoms with Crippen LogP contribution in [0, 0.1) is 5.41 Å². The quantitative estimate of drug-likeness (QED) is 0.617. The summed E-state index contributed by atoms with van der Waals surface area (Å²) in [6.07, 6.45) is -0.787. The fourth-order valence-corrected chi connectivity index (χ4v) is 0.623. The van der Waals surface area contributed by atoms with Crippen LogP contribution >= 0.6 is 0 Å². The van der Waals surface area contributed by atoms with Crippen molar-refractivity contribution in [2.45, 2.75) is 26.8 Å². The molecule has 0 saturated carbocycles. The second-order valence-electron chi connectivity index (χ2n) is 3.82. The fourth-order valence-electron chi connectivity index (χ4n) is 0.623. The Balaban J connectivity index is 4.20. The fraction of sp³-hybridized carbons (Fsp3) is 0.750. The van der Waals surface area contributed by atoms with Gasteiger partial charge in [-0.25, -0.2) is 4.79 Å². The minimum Gasteiger partial charge on any atom is -0.453 e. The molecule has 13 heavy (non-hydrogen) atoms. The first-order valence-electron chi connectivity index (χ1n) is 3.93. The van der Waals surface area contributed by atoms with Crippen LogP contribution in [0.4, 0.5) is 4.79 Å². The van der Waals surface area contributed by atoms with Crippen molar-refractivity contribution >= 4 is 12.0 Å². The van der Waals surface area contributed by atoms with E-state index in [4.69, 9.17) is 5.73 Å². The maximum atomic E-state index is 11.2. The van der Waals surface area contributed by atoms with Crippen molar-refractivity contribution in [1.82, 2.24) is 5.32 Å². The first-order valence-corrected chi connectivity index (χ1v) is 3.93. The highest BCUT2D eigenvalue weighted by atomic mass is 16.5. The van der Waals surface area contributed by atoms with E-state index in [1.54, 1.807) is 0 Å². The Kier molecular flexibility index (Phi) is 3.87. The molecule has 76 valence electrons. The van der Waals surface area contributed by atoms with Gasteiger partial charge in [0, 0.05) is 0 Å². The highest BCUT2D eigenvalue weighted by Crippen LogP contribution is 2.16. The monoisotopic (exact) mass is 188 g/mol. The first-order chi connectivity index (χ1) is 5.79. The molecule has 5 heteroatoms. The molecule has 0 saturated heterocycles. The standard InChI is InChI=1S/C8H16N2O3/c1-8(2,3)5(9)6(11)10-7(12)13-4/h5H,9H2,1-4H3,(H,10,11,12)/t5-/m1/s1. The van der Waals surface area contributed by atoms with Gasteiger partial charge < -0.3 is 10.5 Å². The lowest BCUT2D eigenvalue weighted by Gasteiger charge is -2.25. The summed E-state index contributed by atoms with van der Waals surface area (Å²) >= 11 is 0. The molecule has 0 heterocycles. The number of rotatable bonds is 1. The predicted octanol–water partition coefficient (Wildman–Crippen LogP) is 0.242. The van der Waals surface area contributed by atoms with Gasteiger partial charge in [-0.15, -0.1) is 0 Å². The van der Waals surface area contributed by atoms with Gasteiger partial charge in [-0.3, -0.25) is 10.1 Å². The van der Waals surface area contributed by atoms with Crippen LogP contribution in [0.15, 0.2) is 0 Å². The van der Waals surface area contributed by atoms with E-state index >= 15 is 0 Å². The molecule has 0 spiro atoms. The van der Waals surface area contributed by atoms with Gasteiger partial charge in [0.25, 0.3) is 0 Å². The summed E-state index contributed by atoms with van der Waals surface area (Å²) < 4.78 is 4.26. The second kappa shape index (κ2) is 4.23. The molecule has 3 N–H and O–H groups in total. The number of hydrogen-bond donors (Lipinski definition) is 2. The molecule has 0 aliphatic carbocycles. The number of nitrogens with two attached hydrogens (primary N) is 1. The van der Waals surface area contributed by atoms with Crippen molar-refractivity contribution in [1.29, 1.82) is 0 Å². The summed E-state index contributed by atoms with van der Waals surface area (Å²) in [5.41, 5.74) is 5.20. The molecular formula is C8H16N2O3. The highest BCUT2D eigenvalue weighted by Gasteiger charge is 2.28. The van der Waals surface area contributed by atoms with Crippen LogP contribution in [0.1, 0.15) is 20.8 Å². The Hall–Kier alpha value is -1.10. The van der Waals surface area contributed by atoms with Crippen molar-refractivity contribution in [3.63, 3.8) is 0 Å². The van der Waals surface area contributed by atoms with Gasteiger partial charge in [-0.05, 0) is 5.41 Å². The van der Waals surface area contributed by atoms with Crippen LogP contribution in [0.2, 0.25) is 0 Å². The Bertz CT molecular complexity index is 208. The van der Waals surface area contributed by atoms with E-state index in [2.05, 4.69) is 4.74 Å². The molecule has 0 aromatic rings. The van der Waals surface area contributed by atoms with Crippen LogP contribution < -0.4 is 11.1 Å². The molecule has 1 atom stereocenters. The number of ether oxygens (including phenoxy) is 1. The van der Waals surface area contributed by atoms with Crippen molar-refractivity contribution in [2.24, 2.45) is 11.1 Å². The molecule has 0 unspecified atom stereocenters. The van der Waals surface area contributed by atoms with E-state index in [0.717, 1.165) is 0 Å². The maximum absolute atomic E-state index is 11.2. The number of hydrogen-bond acceptors (Lipinski definition) is 4. The minimum absolute atomic E-state index is 0.377. The lowest BCUT2D eigenvalue weighted by atomic mass is 9.87. The zero-order valence-corrected chi connectivity index (χ0v) is 8.38. The van der Waals surface area contributed by atoms with Crippen LogP contribution in [0.5, 0.6) is 0 Å². The number of carbonyl (C=O) groups excluding carboxylic acids is 2. The number of methoxy groups -OCH3 is 1. The average molecular weight is 188 g/mol. The number of carbonyl (C=O) groups is 2. The largest absolute Gasteiger partial charge is 0.453 e. The number of nitrogens with one attached hydrogen (secondary N) is 1. The van der Waals surface area contributed by atoms with E-state index in [1.807, 2.05) is 26.1 Å². The van der Waals surface area contributed by atoms with Gasteiger partial charge in [0.05, 0.1) is 13.2 Å². The number of amides is 2. The summed E-state index contributed by atoms with van der Waals surface area (Å²) in [6.45, 7) is 5.44. The molecule has 0 radical (unpaired) electrons. The van der Waals surface area contributed by atoms with E-state index in [0.29, 0.717) is 0 Å². The topological polar surface area (TPSA) is 81.4 Å². The average Bonchev–Trinajstić information content (AvgIpc) is 2.01. The van der Waals surface area contributed by atoms with Crippen molar-refractivity contribution in [3.05, 3.63) is 0 Å². The Morgan fingerprint density at radius 1 is 1.38 bits per heavy atom. The summed E-state index contributed by atoms with van der Waals surface area (Å²) in [5.74, 6) is -0.528. The molecule has 0 aliphatic rings. The van der Waals surface area contributed by atoms with E-state index in [9.17, 15) is 9.59 Å². The van der Waals surface area contributed by atoms with Crippen LogP contribution in [0.3, 0.4) is 0 Å². The Morgan fingerprint density at radius 2 is 1.85 bits per heavy atom. The summed E-state index contributed by atoms with van der Waals surface area (Å²) in [5, 5.41) is 2.01. The third-order valence-corrected chi connectivity index (χ3v) is 1.63. The minimum atomic E-state index is -0.787. The van der Waals surface area contributed by atoms with Crippen molar-refractivity contribution in [2.75, 3.05) is 7.11 Å². The zero-order valence-electron chi connectivity index (χ0n) is 8.38. The Morgan fingerprint density at radius 3 is 2.15 bits per heavy atom. The maximum Gasteiger partial charge on any atom is 0.413 e. The predicted molar refractivity (Wildman–Crippen MR) is 48.0 cm³/mol. The Labute approximate surface area is 77.6 Å². The molecular weight excluding hydrogens is 172 g/mol. The van der Waals surface area contributed by atoms with E-state index in [1.165, 1.54) is 7.11 Å². The molecule has 0 rings (SSSR count). The lowest BCUT2D eigenvalue weighted by molar-refractivity contribution is -0.123. The molecule has 0 fully saturated rings. The summed E-state index contributed by atoms with van der Waals surface area (Å²) in [4.78, 5) is 21.9. The molecule has 0 aliphatic heterocycles. The third kappa shape index (κ3) is 3.89.